The molecule has 0 saturated carbocycles. The Morgan fingerprint density at radius 3 is 2.31 bits per heavy atom. The summed E-state index contributed by atoms with van der Waals surface area (Å²) in [6.07, 6.45) is 0. The van der Waals surface area contributed by atoms with Crippen molar-refractivity contribution in [3.63, 3.8) is 0 Å². The summed E-state index contributed by atoms with van der Waals surface area (Å²) >= 11 is 0. The highest BCUT2D eigenvalue weighted by Gasteiger charge is 2.10. The fourth-order valence-electron chi connectivity index (χ4n) is 1.25. The molecule has 1 aromatic rings. The lowest BCUT2D eigenvalue weighted by Gasteiger charge is -2.14. The first-order valence-electron chi connectivity index (χ1n) is 5.50. The van der Waals surface area contributed by atoms with Crippen LogP contribution < -0.4 is 0 Å². The van der Waals surface area contributed by atoms with E-state index >= 15 is 0 Å². The van der Waals surface area contributed by atoms with Crippen LogP contribution in [0.3, 0.4) is 0 Å². The van der Waals surface area contributed by atoms with Crippen LogP contribution in [0.5, 0.6) is 0 Å². The van der Waals surface area contributed by atoms with E-state index in [-0.39, 0.29) is 0 Å². The SMILES string of the molecule is CCOP(OCC)OCc1cccc(C)c1. The fraction of sp³-hybridized carbons (Fsp3) is 0.500. The van der Waals surface area contributed by atoms with Crippen LogP contribution in [0, 0.1) is 6.92 Å². The molecule has 0 fully saturated rings. The maximum atomic E-state index is 5.58. The number of rotatable bonds is 7. The maximum absolute atomic E-state index is 5.58. The molecule has 0 amide bonds. The van der Waals surface area contributed by atoms with E-state index in [0.717, 1.165) is 5.56 Å². The molecule has 0 aliphatic heterocycles. The van der Waals surface area contributed by atoms with E-state index in [9.17, 15) is 0 Å². The lowest BCUT2D eigenvalue weighted by Crippen LogP contribution is -1.96. The summed E-state index contributed by atoms with van der Waals surface area (Å²) in [4.78, 5) is 0. The highest BCUT2D eigenvalue weighted by molar-refractivity contribution is 7.41. The molecular weight excluding hydrogens is 223 g/mol. The van der Waals surface area contributed by atoms with Gasteiger partial charge in [-0.1, -0.05) is 29.8 Å². The summed E-state index contributed by atoms with van der Waals surface area (Å²) in [5, 5.41) is 0. The lowest BCUT2D eigenvalue weighted by molar-refractivity contribution is 0.164. The van der Waals surface area contributed by atoms with Crippen molar-refractivity contribution >= 4 is 8.60 Å². The third-order valence-electron chi connectivity index (χ3n) is 1.89. The van der Waals surface area contributed by atoms with Crippen molar-refractivity contribution in [1.82, 2.24) is 0 Å². The average Bonchev–Trinajstić information content (AvgIpc) is 2.27. The van der Waals surface area contributed by atoms with E-state index in [2.05, 4.69) is 19.1 Å². The Labute approximate surface area is 98.7 Å². The van der Waals surface area contributed by atoms with Crippen molar-refractivity contribution in [3.8, 4) is 0 Å². The van der Waals surface area contributed by atoms with Gasteiger partial charge in [-0.25, -0.2) is 0 Å². The number of benzene rings is 1. The molecule has 3 nitrogen and oxygen atoms in total. The third-order valence-corrected chi connectivity index (χ3v) is 3.17. The Morgan fingerprint density at radius 2 is 1.75 bits per heavy atom. The molecule has 90 valence electrons. The van der Waals surface area contributed by atoms with Gasteiger partial charge in [0.1, 0.15) is 0 Å². The summed E-state index contributed by atoms with van der Waals surface area (Å²) in [7, 11) is -1.19. The summed E-state index contributed by atoms with van der Waals surface area (Å²) in [5.74, 6) is 0. The molecule has 16 heavy (non-hydrogen) atoms. The third kappa shape index (κ3) is 5.04. The van der Waals surface area contributed by atoms with Crippen LogP contribution in [0.4, 0.5) is 0 Å². The molecule has 0 atom stereocenters. The highest BCUT2D eigenvalue weighted by Crippen LogP contribution is 2.40. The van der Waals surface area contributed by atoms with E-state index in [1.54, 1.807) is 0 Å². The van der Waals surface area contributed by atoms with E-state index in [4.69, 9.17) is 13.6 Å². The summed E-state index contributed by atoms with van der Waals surface area (Å²) in [5.41, 5.74) is 2.38. The number of hydrogen-bond donors (Lipinski definition) is 0. The Hall–Kier alpha value is -0.470. The summed E-state index contributed by atoms with van der Waals surface area (Å²) in [6.45, 7) is 7.69. The van der Waals surface area contributed by atoms with Crippen LogP contribution in [0.2, 0.25) is 0 Å². The van der Waals surface area contributed by atoms with Gasteiger partial charge in [0.25, 0.3) is 0 Å². The lowest BCUT2D eigenvalue weighted by atomic mass is 10.1. The van der Waals surface area contributed by atoms with E-state index in [1.807, 2.05) is 26.0 Å². The van der Waals surface area contributed by atoms with Crippen LogP contribution in [-0.4, -0.2) is 13.2 Å². The molecule has 0 unspecified atom stereocenters. The predicted molar refractivity (Wildman–Crippen MR) is 66.1 cm³/mol. The zero-order valence-corrected chi connectivity index (χ0v) is 11.0. The van der Waals surface area contributed by atoms with Crippen molar-refractivity contribution < 1.29 is 13.6 Å². The largest absolute Gasteiger partial charge is 0.332 e. The number of aryl methyl sites for hydroxylation is 1. The van der Waals surface area contributed by atoms with Crippen molar-refractivity contribution in [2.45, 2.75) is 27.4 Å². The second kappa shape index (κ2) is 7.75. The first kappa shape index (κ1) is 13.6. The molecule has 0 aromatic heterocycles. The van der Waals surface area contributed by atoms with Gasteiger partial charge < -0.3 is 13.6 Å². The fourth-order valence-corrected chi connectivity index (χ4v) is 2.15. The first-order chi connectivity index (χ1) is 7.76. The quantitative estimate of drug-likeness (QED) is 0.680. The van der Waals surface area contributed by atoms with Gasteiger partial charge in [-0.2, -0.15) is 0 Å². The van der Waals surface area contributed by atoms with Crippen LogP contribution in [0.1, 0.15) is 25.0 Å². The standard InChI is InChI=1S/C12H19O3P/c1-4-13-16(14-5-2)15-10-12-8-6-7-11(3)9-12/h6-9H,4-5,10H2,1-3H3. The van der Waals surface area contributed by atoms with Gasteiger partial charge >= 0.3 is 8.60 Å². The summed E-state index contributed by atoms with van der Waals surface area (Å²) < 4.78 is 16.3. The van der Waals surface area contributed by atoms with Gasteiger partial charge in [-0.15, -0.1) is 0 Å². The van der Waals surface area contributed by atoms with Crippen LogP contribution in [0.25, 0.3) is 0 Å². The zero-order chi connectivity index (χ0) is 11.8. The molecule has 1 rings (SSSR count). The molecule has 1 aromatic carbocycles. The van der Waals surface area contributed by atoms with Crippen molar-refractivity contribution in [2.24, 2.45) is 0 Å². The topological polar surface area (TPSA) is 27.7 Å². The average molecular weight is 242 g/mol. The Balaban J connectivity index is 2.41. The normalized spacial score (nSPS) is 11.0. The van der Waals surface area contributed by atoms with Gasteiger partial charge in [0.05, 0.1) is 19.8 Å². The van der Waals surface area contributed by atoms with E-state index < -0.39 is 8.60 Å². The molecule has 0 spiro atoms. The monoisotopic (exact) mass is 242 g/mol. The van der Waals surface area contributed by atoms with E-state index in [1.165, 1.54) is 5.56 Å². The van der Waals surface area contributed by atoms with Crippen LogP contribution in [-0.2, 0) is 20.2 Å². The van der Waals surface area contributed by atoms with Crippen molar-refractivity contribution in [1.29, 1.82) is 0 Å². The minimum Gasteiger partial charge on any atom is -0.313 e. The van der Waals surface area contributed by atoms with Crippen molar-refractivity contribution in [2.75, 3.05) is 13.2 Å². The molecule has 0 N–H and O–H groups in total. The van der Waals surface area contributed by atoms with Gasteiger partial charge in [-0.3, -0.25) is 0 Å². The molecule has 4 heteroatoms. The van der Waals surface area contributed by atoms with E-state index in [0.29, 0.717) is 19.8 Å². The Bertz CT molecular complexity index is 298. The second-order valence-electron chi connectivity index (χ2n) is 3.32. The highest BCUT2D eigenvalue weighted by atomic mass is 31.2. The molecule has 0 radical (unpaired) electrons. The second-order valence-corrected chi connectivity index (χ2v) is 4.54. The van der Waals surface area contributed by atoms with Gasteiger partial charge in [0.2, 0.25) is 0 Å². The Morgan fingerprint density at radius 1 is 1.06 bits per heavy atom. The van der Waals surface area contributed by atoms with Gasteiger partial charge in [-0.05, 0) is 26.3 Å². The molecule has 0 aliphatic carbocycles. The van der Waals surface area contributed by atoms with Crippen LogP contribution >= 0.6 is 8.60 Å². The molecule has 0 saturated heterocycles. The minimum atomic E-state index is -1.19. The molecule has 0 bridgehead atoms. The predicted octanol–water partition coefficient (Wildman–Crippen LogP) is 3.81. The minimum absolute atomic E-state index is 0.535. The smallest absolute Gasteiger partial charge is 0.313 e. The first-order valence-corrected chi connectivity index (χ1v) is 6.60. The van der Waals surface area contributed by atoms with Gasteiger partial charge in [0.15, 0.2) is 0 Å². The number of hydrogen-bond acceptors (Lipinski definition) is 3. The maximum Gasteiger partial charge on any atom is 0.332 e. The molecular formula is C12H19O3P. The van der Waals surface area contributed by atoms with Crippen LogP contribution in [0.15, 0.2) is 24.3 Å². The summed E-state index contributed by atoms with van der Waals surface area (Å²) in [6, 6.07) is 8.23. The van der Waals surface area contributed by atoms with Gasteiger partial charge in [0, 0.05) is 0 Å². The van der Waals surface area contributed by atoms with Crippen molar-refractivity contribution in [3.05, 3.63) is 35.4 Å². The Kier molecular flexibility index (Phi) is 6.58. The molecule has 0 heterocycles. The molecule has 0 aliphatic rings. The zero-order valence-electron chi connectivity index (χ0n) is 10.1.